The minimum absolute atomic E-state index is 0.0272. The van der Waals surface area contributed by atoms with Gasteiger partial charge in [-0.3, -0.25) is 9.59 Å². The van der Waals surface area contributed by atoms with Crippen LogP contribution in [-0.2, 0) is 9.59 Å². The van der Waals surface area contributed by atoms with Crippen molar-refractivity contribution in [2.24, 2.45) is 5.92 Å². The standard InChI is InChI=1S/C10H18N2O3/c1-3-6(2)12-10(15)8-7(13)4-5-11-9(8)14/h6-8,13H,3-5H2,1-2H3,(H,11,14)(H,12,15). The number of aliphatic hydroxyl groups is 1. The van der Waals surface area contributed by atoms with Crippen LogP contribution in [-0.4, -0.2) is 35.6 Å². The van der Waals surface area contributed by atoms with Gasteiger partial charge in [0.15, 0.2) is 0 Å². The number of rotatable bonds is 3. The molecule has 0 aromatic heterocycles. The van der Waals surface area contributed by atoms with Gasteiger partial charge in [-0.05, 0) is 19.8 Å². The zero-order valence-electron chi connectivity index (χ0n) is 9.12. The molecule has 1 saturated heterocycles. The highest BCUT2D eigenvalue weighted by atomic mass is 16.3. The summed E-state index contributed by atoms with van der Waals surface area (Å²) in [6.45, 7) is 4.25. The van der Waals surface area contributed by atoms with E-state index in [0.29, 0.717) is 13.0 Å². The van der Waals surface area contributed by atoms with Crippen molar-refractivity contribution in [2.75, 3.05) is 6.54 Å². The van der Waals surface area contributed by atoms with Crippen LogP contribution in [0.5, 0.6) is 0 Å². The Morgan fingerprint density at radius 1 is 1.73 bits per heavy atom. The molecule has 3 N–H and O–H groups in total. The van der Waals surface area contributed by atoms with Crippen molar-refractivity contribution in [2.45, 2.75) is 38.8 Å². The summed E-state index contributed by atoms with van der Waals surface area (Å²) in [7, 11) is 0. The van der Waals surface area contributed by atoms with Gasteiger partial charge in [0, 0.05) is 12.6 Å². The maximum atomic E-state index is 11.7. The lowest BCUT2D eigenvalue weighted by atomic mass is 9.94. The molecule has 1 aliphatic heterocycles. The van der Waals surface area contributed by atoms with E-state index in [9.17, 15) is 14.7 Å². The molecule has 3 unspecified atom stereocenters. The van der Waals surface area contributed by atoms with Gasteiger partial charge in [-0.1, -0.05) is 6.92 Å². The molecule has 5 heteroatoms. The highest BCUT2D eigenvalue weighted by Crippen LogP contribution is 2.13. The Labute approximate surface area is 89.2 Å². The molecular formula is C10H18N2O3. The number of piperidine rings is 1. The van der Waals surface area contributed by atoms with Gasteiger partial charge >= 0.3 is 0 Å². The van der Waals surface area contributed by atoms with Crippen molar-refractivity contribution >= 4 is 11.8 Å². The fraction of sp³-hybridized carbons (Fsp3) is 0.800. The molecule has 3 atom stereocenters. The highest BCUT2D eigenvalue weighted by Gasteiger charge is 2.36. The first-order chi connectivity index (χ1) is 7.06. The Kier molecular flexibility index (Phi) is 4.08. The second-order valence-electron chi connectivity index (χ2n) is 3.94. The minimum atomic E-state index is -0.951. The Morgan fingerprint density at radius 2 is 2.40 bits per heavy atom. The molecule has 0 spiro atoms. The number of nitrogens with one attached hydrogen (secondary N) is 2. The first-order valence-electron chi connectivity index (χ1n) is 5.32. The predicted molar refractivity (Wildman–Crippen MR) is 55.0 cm³/mol. The maximum Gasteiger partial charge on any atom is 0.235 e. The van der Waals surface area contributed by atoms with Crippen LogP contribution in [0.2, 0.25) is 0 Å². The van der Waals surface area contributed by atoms with Gasteiger partial charge in [0.2, 0.25) is 11.8 Å². The second kappa shape index (κ2) is 5.11. The van der Waals surface area contributed by atoms with Crippen molar-refractivity contribution in [3.8, 4) is 0 Å². The number of carbonyl (C=O) groups is 2. The number of carbonyl (C=O) groups excluding carboxylic acids is 2. The van der Waals surface area contributed by atoms with Gasteiger partial charge in [-0.15, -0.1) is 0 Å². The first-order valence-corrected chi connectivity index (χ1v) is 5.32. The number of hydrogen-bond donors (Lipinski definition) is 3. The Morgan fingerprint density at radius 3 is 2.93 bits per heavy atom. The zero-order chi connectivity index (χ0) is 11.4. The quantitative estimate of drug-likeness (QED) is 0.549. The molecule has 1 aliphatic rings. The molecule has 0 bridgehead atoms. The van der Waals surface area contributed by atoms with E-state index in [4.69, 9.17) is 0 Å². The molecule has 0 radical (unpaired) electrons. The van der Waals surface area contributed by atoms with Crippen LogP contribution < -0.4 is 10.6 Å². The van der Waals surface area contributed by atoms with Crippen molar-refractivity contribution in [3.05, 3.63) is 0 Å². The predicted octanol–water partition coefficient (Wildman–Crippen LogP) is -0.602. The lowest BCUT2D eigenvalue weighted by Gasteiger charge is -2.27. The summed E-state index contributed by atoms with van der Waals surface area (Å²) in [5.74, 6) is -1.71. The van der Waals surface area contributed by atoms with Crippen LogP contribution in [0.3, 0.4) is 0 Å². The minimum Gasteiger partial charge on any atom is -0.392 e. The smallest absolute Gasteiger partial charge is 0.235 e. The topological polar surface area (TPSA) is 78.4 Å². The van der Waals surface area contributed by atoms with Crippen LogP contribution in [0.15, 0.2) is 0 Å². The van der Waals surface area contributed by atoms with E-state index in [1.54, 1.807) is 0 Å². The van der Waals surface area contributed by atoms with E-state index >= 15 is 0 Å². The van der Waals surface area contributed by atoms with Gasteiger partial charge in [0.05, 0.1) is 6.10 Å². The highest BCUT2D eigenvalue weighted by molar-refractivity contribution is 6.01. The summed E-state index contributed by atoms with van der Waals surface area (Å²) in [5, 5.41) is 14.8. The van der Waals surface area contributed by atoms with Gasteiger partial charge in [-0.25, -0.2) is 0 Å². The fourth-order valence-electron chi connectivity index (χ4n) is 1.52. The third-order valence-electron chi connectivity index (χ3n) is 2.69. The van der Waals surface area contributed by atoms with Gasteiger partial charge in [0.1, 0.15) is 5.92 Å². The monoisotopic (exact) mass is 214 g/mol. The van der Waals surface area contributed by atoms with Crippen molar-refractivity contribution in [3.63, 3.8) is 0 Å². The van der Waals surface area contributed by atoms with E-state index in [1.165, 1.54) is 0 Å². The summed E-state index contributed by atoms with van der Waals surface area (Å²) in [5.41, 5.74) is 0. The fourth-order valence-corrected chi connectivity index (χ4v) is 1.52. The molecular weight excluding hydrogens is 196 g/mol. The van der Waals surface area contributed by atoms with Crippen molar-refractivity contribution in [1.29, 1.82) is 0 Å². The SMILES string of the molecule is CCC(C)NC(=O)C1C(=O)NCCC1O. The van der Waals surface area contributed by atoms with Crippen molar-refractivity contribution in [1.82, 2.24) is 10.6 Å². The molecule has 1 fully saturated rings. The third-order valence-corrected chi connectivity index (χ3v) is 2.69. The summed E-state index contributed by atoms with van der Waals surface area (Å²) in [6, 6.07) is 0.0272. The average Bonchev–Trinajstić information content (AvgIpc) is 2.17. The Hall–Kier alpha value is -1.10. The van der Waals surface area contributed by atoms with Crippen LogP contribution in [0, 0.1) is 5.92 Å². The van der Waals surface area contributed by atoms with Gasteiger partial charge in [0.25, 0.3) is 0 Å². The van der Waals surface area contributed by atoms with E-state index in [1.807, 2.05) is 13.8 Å². The average molecular weight is 214 g/mol. The Balaban J connectivity index is 2.59. The molecule has 0 aromatic carbocycles. The maximum absolute atomic E-state index is 11.7. The molecule has 0 aliphatic carbocycles. The number of aliphatic hydroxyl groups excluding tert-OH is 1. The molecule has 0 aromatic rings. The van der Waals surface area contributed by atoms with Gasteiger partial charge < -0.3 is 15.7 Å². The lowest BCUT2D eigenvalue weighted by molar-refractivity contribution is -0.142. The molecule has 15 heavy (non-hydrogen) atoms. The largest absolute Gasteiger partial charge is 0.392 e. The van der Waals surface area contributed by atoms with Gasteiger partial charge in [-0.2, -0.15) is 0 Å². The molecule has 1 heterocycles. The van der Waals surface area contributed by atoms with E-state index in [-0.39, 0.29) is 17.9 Å². The zero-order valence-corrected chi connectivity index (χ0v) is 9.12. The molecule has 2 amide bonds. The lowest BCUT2D eigenvalue weighted by Crippen LogP contribution is -2.53. The number of amides is 2. The van der Waals surface area contributed by atoms with E-state index in [0.717, 1.165) is 6.42 Å². The normalized spacial score (nSPS) is 28.1. The summed E-state index contributed by atoms with van der Waals surface area (Å²) in [4.78, 5) is 23.0. The number of hydrogen-bond acceptors (Lipinski definition) is 3. The summed E-state index contributed by atoms with van der Waals surface area (Å²) >= 11 is 0. The summed E-state index contributed by atoms with van der Waals surface area (Å²) < 4.78 is 0. The second-order valence-corrected chi connectivity index (χ2v) is 3.94. The van der Waals surface area contributed by atoms with Crippen LogP contribution in [0.25, 0.3) is 0 Å². The van der Waals surface area contributed by atoms with Crippen molar-refractivity contribution < 1.29 is 14.7 Å². The van der Waals surface area contributed by atoms with Crippen LogP contribution >= 0.6 is 0 Å². The molecule has 86 valence electrons. The molecule has 1 rings (SSSR count). The van der Waals surface area contributed by atoms with Crippen LogP contribution in [0.1, 0.15) is 26.7 Å². The molecule has 0 saturated carbocycles. The van der Waals surface area contributed by atoms with Crippen LogP contribution in [0.4, 0.5) is 0 Å². The third kappa shape index (κ3) is 2.92. The van der Waals surface area contributed by atoms with E-state index in [2.05, 4.69) is 10.6 Å². The summed E-state index contributed by atoms with van der Waals surface area (Å²) in [6.07, 6.45) is 0.378. The van der Waals surface area contributed by atoms with E-state index < -0.39 is 12.0 Å². The molecule has 5 nitrogen and oxygen atoms in total. The first kappa shape index (κ1) is 12.0. The Bertz CT molecular complexity index is 255.